The van der Waals surface area contributed by atoms with Crippen molar-refractivity contribution in [2.24, 2.45) is 5.92 Å². The van der Waals surface area contributed by atoms with Gasteiger partial charge in [-0.05, 0) is 49.1 Å². The molecule has 31 heavy (non-hydrogen) atoms. The van der Waals surface area contributed by atoms with Gasteiger partial charge >= 0.3 is 0 Å². The topological polar surface area (TPSA) is 112 Å². The van der Waals surface area contributed by atoms with Gasteiger partial charge in [-0.2, -0.15) is 4.31 Å². The molecule has 9 heteroatoms. The maximum Gasteiger partial charge on any atom is 0.252 e. The van der Waals surface area contributed by atoms with Crippen molar-refractivity contribution in [3.63, 3.8) is 0 Å². The molecule has 4 rings (SSSR count). The lowest BCUT2D eigenvalue weighted by Crippen LogP contribution is -2.37. The number of amides is 1. The van der Waals surface area contributed by atoms with Crippen molar-refractivity contribution >= 4 is 26.8 Å². The molecule has 1 amide bonds. The highest BCUT2D eigenvalue weighted by atomic mass is 32.2. The number of benzene rings is 1. The number of carbonyl (C=O) groups is 1. The molecule has 1 aliphatic rings. The largest absolute Gasteiger partial charge is 0.346 e. The van der Waals surface area contributed by atoms with Crippen LogP contribution in [0.15, 0.2) is 58.4 Å². The molecule has 0 aliphatic carbocycles. The molecule has 1 saturated heterocycles. The predicted octanol–water partition coefficient (Wildman–Crippen LogP) is 2.27. The van der Waals surface area contributed by atoms with E-state index in [9.17, 15) is 18.0 Å². The SMILES string of the molecule is CC1CCN(S(=O)(=O)c2ccc3[nH]c(=O)cc(C(=O)NCc4ccccn4)c3c2)CC1. The smallest absolute Gasteiger partial charge is 0.252 e. The van der Waals surface area contributed by atoms with Crippen molar-refractivity contribution in [1.29, 1.82) is 0 Å². The molecule has 1 fully saturated rings. The van der Waals surface area contributed by atoms with E-state index in [1.165, 1.54) is 28.6 Å². The Labute approximate surface area is 180 Å². The van der Waals surface area contributed by atoms with Crippen molar-refractivity contribution in [3.8, 4) is 0 Å². The quantitative estimate of drug-likeness (QED) is 0.632. The van der Waals surface area contributed by atoms with Crippen LogP contribution in [-0.4, -0.2) is 41.7 Å². The van der Waals surface area contributed by atoms with E-state index in [4.69, 9.17) is 0 Å². The fourth-order valence-electron chi connectivity index (χ4n) is 3.72. The summed E-state index contributed by atoms with van der Waals surface area (Å²) in [6, 6.07) is 11.0. The molecule has 0 spiro atoms. The summed E-state index contributed by atoms with van der Waals surface area (Å²) in [5.74, 6) is 0.0330. The highest BCUT2D eigenvalue weighted by Gasteiger charge is 2.28. The van der Waals surface area contributed by atoms with Gasteiger partial charge in [0.2, 0.25) is 15.6 Å². The van der Waals surface area contributed by atoms with Crippen LogP contribution in [0.4, 0.5) is 0 Å². The minimum atomic E-state index is -3.69. The van der Waals surface area contributed by atoms with Gasteiger partial charge in [-0.1, -0.05) is 13.0 Å². The van der Waals surface area contributed by atoms with E-state index in [1.54, 1.807) is 18.3 Å². The molecule has 2 aromatic heterocycles. The van der Waals surface area contributed by atoms with Crippen LogP contribution in [0.25, 0.3) is 10.9 Å². The number of piperidine rings is 1. The summed E-state index contributed by atoms with van der Waals surface area (Å²) in [5, 5.41) is 3.13. The number of sulfonamides is 1. The van der Waals surface area contributed by atoms with E-state index in [-0.39, 0.29) is 17.0 Å². The molecule has 0 bridgehead atoms. The second kappa shape index (κ2) is 8.60. The zero-order valence-corrected chi connectivity index (χ0v) is 18.0. The summed E-state index contributed by atoms with van der Waals surface area (Å²) < 4.78 is 27.8. The van der Waals surface area contributed by atoms with Gasteiger partial charge < -0.3 is 10.3 Å². The van der Waals surface area contributed by atoms with Gasteiger partial charge in [-0.3, -0.25) is 14.6 Å². The first-order valence-electron chi connectivity index (χ1n) is 10.2. The summed E-state index contributed by atoms with van der Waals surface area (Å²) >= 11 is 0. The Balaban J connectivity index is 1.67. The molecule has 3 heterocycles. The number of aromatic amines is 1. The van der Waals surface area contributed by atoms with Crippen molar-refractivity contribution in [2.45, 2.75) is 31.2 Å². The highest BCUT2D eigenvalue weighted by molar-refractivity contribution is 7.89. The Kier molecular flexibility index (Phi) is 5.88. The maximum absolute atomic E-state index is 13.1. The van der Waals surface area contributed by atoms with Crippen LogP contribution in [0.3, 0.4) is 0 Å². The average Bonchev–Trinajstić information content (AvgIpc) is 2.77. The van der Waals surface area contributed by atoms with Gasteiger partial charge in [-0.25, -0.2) is 8.42 Å². The minimum absolute atomic E-state index is 0.111. The van der Waals surface area contributed by atoms with E-state index in [0.717, 1.165) is 12.8 Å². The van der Waals surface area contributed by atoms with E-state index in [2.05, 4.69) is 22.2 Å². The second-order valence-electron chi connectivity index (χ2n) is 7.85. The summed E-state index contributed by atoms with van der Waals surface area (Å²) in [5.41, 5.74) is 0.768. The number of hydrogen-bond acceptors (Lipinski definition) is 5. The van der Waals surface area contributed by atoms with Crippen molar-refractivity contribution in [2.75, 3.05) is 13.1 Å². The molecular weight excluding hydrogens is 416 g/mol. The summed E-state index contributed by atoms with van der Waals surface area (Å²) in [4.78, 5) is 31.8. The van der Waals surface area contributed by atoms with Gasteiger partial charge in [-0.15, -0.1) is 0 Å². The first-order valence-corrected chi connectivity index (χ1v) is 11.6. The Bertz CT molecular complexity index is 1260. The lowest BCUT2D eigenvalue weighted by molar-refractivity contribution is 0.0952. The van der Waals surface area contributed by atoms with Crippen LogP contribution in [-0.2, 0) is 16.6 Å². The van der Waals surface area contributed by atoms with E-state index >= 15 is 0 Å². The summed E-state index contributed by atoms with van der Waals surface area (Å²) in [6.45, 7) is 3.26. The van der Waals surface area contributed by atoms with Crippen LogP contribution in [0, 0.1) is 5.92 Å². The lowest BCUT2D eigenvalue weighted by atomic mass is 10.0. The zero-order valence-electron chi connectivity index (χ0n) is 17.2. The number of nitrogens with zero attached hydrogens (tertiary/aromatic N) is 2. The van der Waals surface area contributed by atoms with Crippen LogP contribution < -0.4 is 10.9 Å². The third kappa shape index (κ3) is 4.52. The zero-order chi connectivity index (χ0) is 22.0. The monoisotopic (exact) mass is 440 g/mol. The summed E-state index contributed by atoms with van der Waals surface area (Å²) in [7, 11) is -3.69. The number of nitrogens with one attached hydrogen (secondary N) is 2. The molecule has 0 unspecified atom stereocenters. The fraction of sp³-hybridized carbons (Fsp3) is 0.318. The number of carbonyl (C=O) groups excluding carboxylic acids is 1. The molecule has 8 nitrogen and oxygen atoms in total. The number of fused-ring (bicyclic) bond motifs is 1. The Hall–Kier alpha value is -3.04. The third-order valence-electron chi connectivity index (χ3n) is 5.60. The van der Waals surface area contributed by atoms with E-state index in [0.29, 0.717) is 35.6 Å². The third-order valence-corrected chi connectivity index (χ3v) is 7.49. The molecule has 3 aromatic rings. The van der Waals surface area contributed by atoms with Crippen molar-refractivity contribution in [3.05, 3.63) is 70.3 Å². The average molecular weight is 441 g/mol. The van der Waals surface area contributed by atoms with Crippen molar-refractivity contribution in [1.82, 2.24) is 19.6 Å². The van der Waals surface area contributed by atoms with E-state index < -0.39 is 21.5 Å². The van der Waals surface area contributed by atoms with Crippen LogP contribution in [0.1, 0.15) is 35.8 Å². The van der Waals surface area contributed by atoms with Crippen molar-refractivity contribution < 1.29 is 13.2 Å². The van der Waals surface area contributed by atoms with Crippen LogP contribution >= 0.6 is 0 Å². The standard InChI is InChI=1S/C22H24N4O4S/c1-15-7-10-26(11-8-15)31(29,30)17-5-6-20-18(12-17)19(13-21(27)25-20)22(28)24-14-16-4-2-3-9-23-16/h2-6,9,12-13,15H,7-8,10-11,14H2,1H3,(H,24,28)(H,25,27). The molecule has 2 N–H and O–H groups in total. The number of rotatable bonds is 5. The molecule has 0 radical (unpaired) electrons. The first kappa shape index (κ1) is 21.2. The normalized spacial score (nSPS) is 15.8. The van der Waals surface area contributed by atoms with Gasteiger partial charge in [0.25, 0.3) is 5.91 Å². The highest BCUT2D eigenvalue weighted by Crippen LogP contribution is 2.26. The number of pyridine rings is 2. The fourth-order valence-corrected chi connectivity index (χ4v) is 5.22. The Morgan fingerprint density at radius 3 is 2.68 bits per heavy atom. The second-order valence-corrected chi connectivity index (χ2v) is 9.78. The number of hydrogen-bond donors (Lipinski definition) is 2. The predicted molar refractivity (Wildman–Crippen MR) is 117 cm³/mol. The maximum atomic E-state index is 13.1. The van der Waals surface area contributed by atoms with Gasteiger partial charge in [0, 0.05) is 36.3 Å². The number of H-pyrrole nitrogens is 1. The molecule has 0 atom stereocenters. The first-order chi connectivity index (χ1) is 14.8. The Morgan fingerprint density at radius 2 is 1.97 bits per heavy atom. The molecule has 1 aliphatic heterocycles. The van der Waals surface area contributed by atoms with Gasteiger partial charge in [0.15, 0.2) is 0 Å². The minimum Gasteiger partial charge on any atom is -0.346 e. The van der Waals surface area contributed by atoms with Crippen LogP contribution in [0.5, 0.6) is 0 Å². The lowest BCUT2D eigenvalue weighted by Gasteiger charge is -2.29. The Morgan fingerprint density at radius 1 is 1.19 bits per heavy atom. The molecule has 0 saturated carbocycles. The molecular formula is C22H24N4O4S. The molecule has 1 aromatic carbocycles. The van der Waals surface area contributed by atoms with Gasteiger partial charge in [0.1, 0.15) is 0 Å². The molecule has 162 valence electrons. The van der Waals surface area contributed by atoms with Crippen LogP contribution in [0.2, 0.25) is 0 Å². The summed E-state index contributed by atoms with van der Waals surface area (Å²) in [6.07, 6.45) is 3.27. The number of aromatic nitrogens is 2. The van der Waals surface area contributed by atoms with E-state index in [1.807, 2.05) is 6.07 Å². The van der Waals surface area contributed by atoms with Gasteiger partial charge in [0.05, 0.1) is 22.7 Å².